The standard InChI is InChI=1S/C10H8F6O2/c11-8(10(14,15)16)9(12,13)5-18-7-3-1-6(17)2-4-7/h1-4,8,17H,5H2/t8-/m1/s1. The summed E-state index contributed by atoms with van der Waals surface area (Å²) in [4.78, 5) is 0. The predicted octanol–water partition coefficient (Wildman–Crippen LogP) is 3.31. The van der Waals surface area contributed by atoms with E-state index in [4.69, 9.17) is 5.11 Å². The number of alkyl halides is 6. The molecule has 0 aliphatic heterocycles. The Kier molecular flexibility index (Phi) is 3.98. The number of benzene rings is 1. The second-order valence-corrected chi connectivity index (χ2v) is 3.45. The molecule has 2 nitrogen and oxygen atoms in total. The summed E-state index contributed by atoms with van der Waals surface area (Å²) in [7, 11) is 0. The Bertz CT molecular complexity index is 386. The number of rotatable bonds is 4. The van der Waals surface area contributed by atoms with E-state index in [0.29, 0.717) is 0 Å². The number of halogens is 6. The monoisotopic (exact) mass is 274 g/mol. The zero-order chi connectivity index (χ0) is 14.0. The topological polar surface area (TPSA) is 29.5 Å². The Morgan fingerprint density at radius 1 is 1.06 bits per heavy atom. The van der Waals surface area contributed by atoms with E-state index in [-0.39, 0.29) is 11.5 Å². The second kappa shape index (κ2) is 4.95. The van der Waals surface area contributed by atoms with Gasteiger partial charge < -0.3 is 9.84 Å². The van der Waals surface area contributed by atoms with Gasteiger partial charge in [-0.3, -0.25) is 0 Å². The summed E-state index contributed by atoms with van der Waals surface area (Å²) >= 11 is 0. The normalized spacial score (nSPS) is 14.3. The van der Waals surface area contributed by atoms with Crippen molar-refractivity contribution in [1.29, 1.82) is 0 Å². The first kappa shape index (κ1) is 14.5. The Morgan fingerprint density at radius 3 is 2.00 bits per heavy atom. The lowest BCUT2D eigenvalue weighted by Crippen LogP contribution is -2.45. The summed E-state index contributed by atoms with van der Waals surface area (Å²) in [5, 5.41) is 8.87. The van der Waals surface area contributed by atoms with Gasteiger partial charge in [0.05, 0.1) is 0 Å². The van der Waals surface area contributed by atoms with Gasteiger partial charge in [-0.2, -0.15) is 22.0 Å². The van der Waals surface area contributed by atoms with Gasteiger partial charge in [0.1, 0.15) is 11.5 Å². The van der Waals surface area contributed by atoms with Crippen molar-refractivity contribution in [3.8, 4) is 11.5 Å². The molecule has 18 heavy (non-hydrogen) atoms. The Labute approximate surface area is 97.8 Å². The van der Waals surface area contributed by atoms with Crippen LogP contribution in [0.25, 0.3) is 0 Å². The molecule has 0 aromatic heterocycles. The average Bonchev–Trinajstić information content (AvgIpc) is 2.26. The van der Waals surface area contributed by atoms with Crippen LogP contribution in [0.2, 0.25) is 0 Å². The molecule has 1 atom stereocenters. The Hall–Kier alpha value is -1.60. The van der Waals surface area contributed by atoms with Crippen molar-refractivity contribution in [2.75, 3.05) is 6.61 Å². The van der Waals surface area contributed by atoms with Gasteiger partial charge in [0.15, 0.2) is 6.61 Å². The molecule has 1 aromatic carbocycles. The molecule has 0 unspecified atom stereocenters. The van der Waals surface area contributed by atoms with Gasteiger partial charge in [-0.15, -0.1) is 0 Å². The highest BCUT2D eigenvalue weighted by Crippen LogP contribution is 2.35. The first-order chi connectivity index (χ1) is 8.13. The van der Waals surface area contributed by atoms with E-state index < -0.39 is 24.9 Å². The molecule has 1 aromatic rings. The van der Waals surface area contributed by atoms with Crippen molar-refractivity contribution < 1.29 is 36.2 Å². The molecule has 1 rings (SSSR count). The summed E-state index contributed by atoms with van der Waals surface area (Å²) < 4.78 is 77.8. The minimum absolute atomic E-state index is 0.173. The van der Waals surface area contributed by atoms with Gasteiger partial charge in [-0.05, 0) is 24.3 Å². The molecule has 0 aliphatic carbocycles. The highest BCUT2D eigenvalue weighted by molar-refractivity contribution is 5.30. The molecular formula is C10H8F6O2. The van der Waals surface area contributed by atoms with E-state index in [2.05, 4.69) is 4.74 Å². The fourth-order valence-corrected chi connectivity index (χ4v) is 1.03. The molecule has 1 N–H and O–H groups in total. The smallest absolute Gasteiger partial charge is 0.425 e. The van der Waals surface area contributed by atoms with Crippen LogP contribution in [0.4, 0.5) is 26.3 Å². The minimum Gasteiger partial charge on any atom is -0.508 e. The second-order valence-electron chi connectivity index (χ2n) is 3.45. The maximum atomic E-state index is 12.8. The van der Waals surface area contributed by atoms with E-state index in [1.54, 1.807) is 0 Å². The largest absolute Gasteiger partial charge is 0.508 e. The minimum atomic E-state index is -5.65. The molecule has 0 radical (unpaired) electrons. The number of ether oxygens (including phenoxy) is 1. The van der Waals surface area contributed by atoms with Crippen LogP contribution >= 0.6 is 0 Å². The van der Waals surface area contributed by atoms with Gasteiger partial charge in [-0.1, -0.05) is 0 Å². The molecule has 102 valence electrons. The van der Waals surface area contributed by atoms with Crippen molar-refractivity contribution in [1.82, 2.24) is 0 Å². The molecule has 0 amide bonds. The van der Waals surface area contributed by atoms with Crippen LogP contribution in [0.3, 0.4) is 0 Å². The Balaban J connectivity index is 2.64. The molecule has 0 saturated carbocycles. The average molecular weight is 274 g/mol. The highest BCUT2D eigenvalue weighted by atomic mass is 19.4. The van der Waals surface area contributed by atoms with Crippen LogP contribution in [-0.4, -0.2) is 30.0 Å². The molecule has 0 saturated heterocycles. The lowest BCUT2D eigenvalue weighted by molar-refractivity contribution is -0.250. The zero-order valence-corrected chi connectivity index (χ0v) is 8.72. The maximum absolute atomic E-state index is 12.8. The van der Waals surface area contributed by atoms with E-state index in [1.165, 1.54) is 0 Å². The molecule has 0 heterocycles. The summed E-state index contributed by atoms with van der Waals surface area (Å²) in [6.07, 6.45) is -9.94. The highest BCUT2D eigenvalue weighted by Gasteiger charge is 2.57. The van der Waals surface area contributed by atoms with Crippen LogP contribution in [0, 0.1) is 0 Å². The van der Waals surface area contributed by atoms with Crippen LogP contribution < -0.4 is 4.74 Å². The van der Waals surface area contributed by atoms with Gasteiger partial charge in [-0.25, -0.2) is 4.39 Å². The lowest BCUT2D eigenvalue weighted by atomic mass is 10.2. The van der Waals surface area contributed by atoms with Crippen LogP contribution in [0.5, 0.6) is 11.5 Å². The molecule has 0 aliphatic rings. The molecule has 8 heteroatoms. The van der Waals surface area contributed by atoms with Crippen molar-refractivity contribution in [3.63, 3.8) is 0 Å². The first-order valence-electron chi connectivity index (χ1n) is 4.63. The van der Waals surface area contributed by atoms with Crippen molar-refractivity contribution in [2.24, 2.45) is 0 Å². The zero-order valence-electron chi connectivity index (χ0n) is 8.72. The van der Waals surface area contributed by atoms with E-state index in [1.807, 2.05) is 0 Å². The fraction of sp³-hybridized carbons (Fsp3) is 0.400. The van der Waals surface area contributed by atoms with E-state index >= 15 is 0 Å². The number of hydrogen-bond acceptors (Lipinski definition) is 2. The maximum Gasteiger partial charge on any atom is 0.425 e. The third-order valence-corrected chi connectivity index (χ3v) is 1.93. The van der Waals surface area contributed by atoms with Gasteiger partial charge in [0.25, 0.3) is 6.17 Å². The van der Waals surface area contributed by atoms with Gasteiger partial charge in [0, 0.05) is 0 Å². The van der Waals surface area contributed by atoms with Crippen molar-refractivity contribution >= 4 is 0 Å². The number of phenolic OH excluding ortho intramolecular Hbond substituents is 1. The summed E-state index contributed by atoms with van der Waals surface area (Å²) in [6.45, 7) is -1.75. The van der Waals surface area contributed by atoms with Crippen LogP contribution in [-0.2, 0) is 0 Å². The van der Waals surface area contributed by atoms with Crippen molar-refractivity contribution in [3.05, 3.63) is 24.3 Å². The third-order valence-electron chi connectivity index (χ3n) is 1.93. The summed E-state index contributed by atoms with van der Waals surface area (Å²) in [5.74, 6) is -5.06. The third kappa shape index (κ3) is 3.71. The van der Waals surface area contributed by atoms with Crippen molar-refractivity contribution in [2.45, 2.75) is 18.3 Å². The fourth-order valence-electron chi connectivity index (χ4n) is 1.03. The molecular weight excluding hydrogens is 266 g/mol. The SMILES string of the molecule is Oc1ccc(OCC(F)(F)[C@@H](F)C(F)(F)F)cc1. The number of aromatic hydroxyl groups is 1. The van der Waals surface area contributed by atoms with Crippen LogP contribution in [0.1, 0.15) is 0 Å². The predicted molar refractivity (Wildman–Crippen MR) is 49.5 cm³/mol. The van der Waals surface area contributed by atoms with Gasteiger partial charge in [0.2, 0.25) is 0 Å². The number of phenols is 1. The number of hydrogen-bond donors (Lipinski definition) is 1. The summed E-state index contributed by atoms with van der Waals surface area (Å²) in [5.41, 5.74) is 0. The molecule has 0 bridgehead atoms. The van der Waals surface area contributed by atoms with E-state index in [0.717, 1.165) is 24.3 Å². The quantitative estimate of drug-likeness (QED) is 0.853. The van der Waals surface area contributed by atoms with Crippen LogP contribution in [0.15, 0.2) is 24.3 Å². The Morgan fingerprint density at radius 2 is 1.56 bits per heavy atom. The van der Waals surface area contributed by atoms with E-state index in [9.17, 15) is 26.3 Å². The summed E-state index contributed by atoms with van der Waals surface area (Å²) in [6, 6.07) is 4.30. The molecule has 0 spiro atoms. The molecule has 0 fully saturated rings. The van der Waals surface area contributed by atoms with Gasteiger partial charge >= 0.3 is 12.1 Å². The first-order valence-corrected chi connectivity index (χ1v) is 4.63. The lowest BCUT2D eigenvalue weighted by Gasteiger charge is -2.22.